The normalized spacial score (nSPS) is 14.7. The molecule has 0 atom stereocenters. The quantitative estimate of drug-likeness (QED) is 0.0248. The van der Waals surface area contributed by atoms with Gasteiger partial charge in [-0.25, -0.2) is 39.3 Å². The van der Waals surface area contributed by atoms with Crippen molar-refractivity contribution in [2.24, 2.45) is 0 Å². The summed E-state index contributed by atoms with van der Waals surface area (Å²) in [4.78, 5) is 156. The van der Waals surface area contributed by atoms with Gasteiger partial charge in [-0.3, -0.25) is 38.4 Å². The molecular weight excluding hydrogens is 1640 g/mol. The average Bonchev–Trinajstić information content (AvgIpc) is 1.61. The van der Waals surface area contributed by atoms with E-state index in [1.807, 2.05) is 107 Å². The van der Waals surface area contributed by atoms with Gasteiger partial charge >= 0.3 is 0 Å². The van der Waals surface area contributed by atoms with Gasteiger partial charge in [0.2, 0.25) is 5.91 Å². The van der Waals surface area contributed by atoms with Crippen LogP contribution in [0.3, 0.4) is 0 Å². The smallest absolute Gasteiger partial charge is 0.272 e. The molecule has 0 spiro atoms. The standard InChI is InChI=1S/C35H43N9O4.C30H34N8O3.C30H38N8O2/c1-5-7-23-18-22(3)38-35(47)27(23)21-37-34(46)26-19-28(24-8-9-29(36-20-24)43-14-12-42(4)13-15-43)39-33-31(26)32(40-30(45)6-2)41-44(33)25-10-16-48-17-11-25;1-5-7-20-14-19(3)34-30(41)23(20)17-32-29(40)22-15-25(35-28-24(22)18-33-38(28)27(39)6-2)21-8-9-26(31-16-21)37-12-10-36(4)11-13-37;1-6-7-21-14-20(4)34-30(40)24(21)17-32-29(39)23-15-26(35-28-25(23)18-33-38(28)19(2)3)22-8-9-27(31-16-22)37-12-10-36(5)11-13-37/h6,8-9,18-20,25H,2,5,7,10-17,21H2,1,3-4H3,(H,37,46)(H,38,47)(H,40,41,45);6,8-9,14-16,18H,2,5,7,10-13,17H2,1,3-4H3,(H,32,40)(H,34,41);8-9,14-16,18-19H,6-7,10-13,17H2,1-5H3,(H,32,39)(H,34,40). The summed E-state index contributed by atoms with van der Waals surface area (Å²) in [5.41, 5.74) is 12.5. The number of allylic oxidation sites excluding steroid dienone is 1. The van der Waals surface area contributed by atoms with Gasteiger partial charge in [0.15, 0.2) is 22.8 Å². The third-order valence-corrected chi connectivity index (χ3v) is 23.9. The number of fused-ring (bicyclic) bond motifs is 3. The van der Waals surface area contributed by atoms with E-state index in [4.69, 9.17) is 29.8 Å². The number of hydrogen-bond acceptors (Lipinski definition) is 24. The number of amides is 4. The molecule has 129 heavy (non-hydrogen) atoms. The highest BCUT2D eigenvalue weighted by molar-refractivity contribution is 6.14. The Morgan fingerprint density at radius 2 is 0.868 bits per heavy atom. The maximum Gasteiger partial charge on any atom is 0.272 e. The van der Waals surface area contributed by atoms with Crippen molar-refractivity contribution in [1.29, 1.82) is 0 Å². The maximum atomic E-state index is 14.2. The molecule has 0 aliphatic carbocycles. The highest BCUT2D eigenvalue weighted by atomic mass is 16.5. The second-order valence-electron chi connectivity index (χ2n) is 33.7. The van der Waals surface area contributed by atoms with Gasteiger partial charge in [0.05, 0.1) is 68.4 Å². The molecule has 4 saturated heterocycles. The molecule has 0 radical (unpaired) electrons. The predicted octanol–water partition coefficient (Wildman–Crippen LogP) is 10.3. The lowest BCUT2D eigenvalue weighted by Gasteiger charge is -2.33. The number of pyridine rings is 9. The minimum absolute atomic E-state index is 0.0344. The van der Waals surface area contributed by atoms with Crippen molar-refractivity contribution in [3.05, 3.63) is 227 Å². The highest BCUT2D eigenvalue weighted by Gasteiger charge is 2.31. The molecule has 0 aromatic carbocycles. The van der Waals surface area contributed by atoms with Crippen LogP contribution in [0.4, 0.5) is 23.3 Å². The van der Waals surface area contributed by atoms with Gasteiger partial charge < -0.3 is 70.4 Å². The summed E-state index contributed by atoms with van der Waals surface area (Å²) in [5, 5.41) is 26.7. The summed E-state index contributed by atoms with van der Waals surface area (Å²) in [6, 6.07) is 22.9. The van der Waals surface area contributed by atoms with Crippen molar-refractivity contribution in [2.45, 2.75) is 138 Å². The van der Waals surface area contributed by atoms with Crippen LogP contribution in [-0.2, 0) is 48.4 Å². The second-order valence-corrected chi connectivity index (χ2v) is 33.7. The molecule has 4 aliphatic heterocycles. The summed E-state index contributed by atoms with van der Waals surface area (Å²) in [6.07, 6.45) is 17.0. The number of nitrogens with zero attached hydrogens (tertiary/aromatic N) is 18. The van der Waals surface area contributed by atoms with E-state index in [0.29, 0.717) is 105 Å². The van der Waals surface area contributed by atoms with Gasteiger partial charge in [0.25, 0.3) is 40.3 Å². The zero-order chi connectivity index (χ0) is 91.3. The van der Waals surface area contributed by atoms with Crippen molar-refractivity contribution in [3.63, 3.8) is 0 Å². The molecule has 0 saturated carbocycles. The number of aryl methyl sites for hydroxylation is 6. The Hall–Kier alpha value is -13.6. The minimum atomic E-state index is -0.463. The van der Waals surface area contributed by atoms with E-state index < -0.39 is 23.6 Å². The Kier molecular flexibility index (Phi) is 29.5. The van der Waals surface area contributed by atoms with Crippen LogP contribution in [0.2, 0.25) is 0 Å². The molecule has 7 N–H and O–H groups in total. The maximum absolute atomic E-state index is 14.2. The van der Waals surface area contributed by atoms with Crippen LogP contribution in [0, 0.1) is 20.8 Å². The second kappa shape index (κ2) is 41.5. The molecule has 4 aliphatic rings. The van der Waals surface area contributed by atoms with Crippen LogP contribution in [0.25, 0.3) is 66.9 Å². The first-order valence-electron chi connectivity index (χ1n) is 44.4. The van der Waals surface area contributed by atoms with Crippen LogP contribution < -0.4 is 52.6 Å². The van der Waals surface area contributed by atoms with Crippen LogP contribution >= 0.6 is 0 Å². The number of carbonyl (C=O) groups is 5. The Labute approximate surface area is 748 Å². The van der Waals surface area contributed by atoms with Crippen molar-refractivity contribution >= 4 is 85.9 Å². The number of aromatic nitrogens is 15. The first-order chi connectivity index (χ1) is 62.3. The van der Waals surface area contributed by atoms with Crippen LogP contribution in [0.1, 0.15) is 165 Å². The third-order valence-electron chi connectivity index (χ3n) is 23.9. The molecule has 16 rings (SSSR count). The van der Waals surface area contributed by atoms with Crippen molar-refractivity contribution in [2.75, 3.05) is 133 Å². The molecule has 0 unspecified atom stereocenters. The molecule has 4 amide bonds. The van der Waals surface area contributed by atoms with E-state index in [1.165, 1.54) is 6.20 Å². The summed E-state index contributed by atoms with van der Waals surface area (Å²) in [6.45, 7) is 35.6. The number of piperazine rings is 3. The number of nitrogens with one attached hydrogen (secondary N) is 7. The van der Waals surface area contributed by atoms with Crippen LogP contribution in [0.15, 0.2) is 143 Å². The number of anilines is 4. The number of aromatic amines is 3. The fourth-order valence-electron chi connectivity index (χ4n) is 16.7. The van der Waals surface area contributed by atoms with Gasteiger partial charge in [-0.2, -0.15) is 20.0 Å². The first kappa shape index (κ1) is 91.6. The van der Waals surface area contributed by atoms with Gasteiger partial charge in [-0.15, -0.1) is 0 Å². The number of carbonyl (C=O) groups excluding carboxylic acids is 5. The van der Waals surface area contributed by atoms with Crippen LogP contribution in [-0.4, -0.2) is 231 Å². The Morgan fingerprint density at radius 1 is 0.488 bits per heavy atom. The van der Waals surface area contributed by atoms with E-state index in [9.17, 15) is 38.4 Å². The van der Waals surface area contributed by atoms with Crippen molar-refractivity contribution < 1.29 is 28.7 Å². The van der Waals surface area contributed by atoms with E-state index >= 15 is 0 Å². The zero-order valence-corrected chi connectivity index (χ0v) is 75.4. The van der Waals surface area contributed by atoms with Crippen molar-refractivity contribution in [3.8, 4) is 33.8 Å². The van der Waals surface area contributed by atoms with Gasteiger partial charge in [-0.05, 0) is 190 Å². The number of hydrogen-bond donors (Lipinski definition) is 7. The molecule has 12 aromatic heterocycles. The molecule has 0 bridgehead atoms. The number of ether oxygens (including phenoxy) is 1. The van der Waals surface area contributed by atoms with Gasteiger partial charge in [0.1, 0.15) is 17.5 Å². The molecule has 34 heteroatoms. The summed E-state index contributed by atoms with van der Waals surface area (Å²) >= 11 is 0. The largest absolute Gasteiger partial charge is 0.381 e. The van der Waals surface area contributed by atoms with Gasteiger partial charge in [-0.1, -0.05) is 53.2 Å². The lowest BCUT2D eigenvalue weighted by molar-refractivity contribution is -0.111. The Bertz CT molecular complexity index is 6300. The lowest BCUT2D eigenvalue weighted by Crippen LogP contribution is -2.44. The molecule has 16 heterocycles. The Morgan fingerprint density at radius 3 is 1.25 bits per heavy atom. The molecule has 4 fully saturated rings. The van der Waals surface area contributed by atoms with Crippen LogP contribution in [0.5, 0.6) is 0 Å². The fraction of sp³-hybridized carbons (Fsp3) is 0.400. The first-order valence-corrected chi connectivity index (χ1v) is 44.4. The summed E-state index contributed by atoms with van der Waals surface area (Å²) in [5.74, 6) is 0.892. The third kappa shape index (κ3) is 21.3. The van der Waals surface area contributed by atoms with E-state index in [2.05, 4.69) is 134 Å². The number of H-pyrrole nitrogens is 3. The zero-order valence-electron chi connectivity index (χ0n) is 75.4. The summed E-state index contributed by atoms with van der Waals surface area (Å²) in [7, 11) is 6.36. The minimum Gasteiger partial charge on any atom is -0.381 e. The number of rotatable bonds is 26. The van der Waals surface area contributed by atoms with Gasteiger partial charge in [0, 0.05) is 186 Å². The van der Waals surface area contributed by atoms with E-state index in [1.54, 1.807) is 41.5 Å². The monoisotopic (exact) mass is 1750 g/mol. The fourth-order valence-corrected chi connectivity index (χ4v) is 16.7. The average molecular weight is 1750 g/mol. The molecule has 674 valence electrons. The molecular formula is C95H115N25O9. The SMILES string of the molecule is C=CC(=O)Nc1nn(C2CCOCC2)c2nc(-c3ccc(N4CCN(C)CC4)nc3)cc(C(=O)NCc3c(CCC)cc(C)[nH]c3=O)c12.C=CC(=O)n1ncc2c(C(=O)NCc3c(CCC)cc(C)[nH]c3=O)cc(-c3ccc(N4CCN(C)CC4)nc3)nc21.CCCc1cc(C)[nH]c(=O)c1CNC(=O)c1cc(-c2ccc(N3CCN(C)CC3)nc2)nc2c1cnn2C(C)C. The van der Waals surface area contributed by atoms with E-state index in [-0.39, 0.29) is 76.9 Å². The Balaban J connectivity index is 0.000000157. The van der Waals surface area contributed by atoms with Crippen molar-refractivity contribution in [1.82, 2.24) is 105 Å². The topological polar surface area (TPSA) is 392 Å². The molecule has 34 nitrogen and oxygen atoms in total. The summed E-state index contributed by atoms with van der Waals surface area (Å²) < 4.78 is 10.4. The van der Waals surface area contributed by atoms with E-state index in [0.717, 1.165) is 190 Å². The lowest BCUT2D eigenvalue weighted by atomic mass is 10.0. The highest BCUT2D eigenvalue weighted by Crippen LogP contribution is 2.36. The molecule has 12 aromatic rings. The predicted molar refractivity (Wildman–Crippen MR) is 501 cm³/mol. The number of likely N-dealkylation sites (N-methyl/N-ethyl adjacent to an activating group) is 3.